The van der Waals surface area contributed by atoms with Gasteiger partial charge in [-0.25, -0.2) is 4.99 Å². The number of carbonyl (C=O) groups is 1. The Morgan fingerprint density at radius 1 is 1.20 bits per heavy atom. The molecule has 124 valence electrons. The minimum atomic E-state index is -0.0792. The Hall–Kier alpha value is -3.04. The summed E-state index contributed by atoms with van der Waals surface area (Å²) in [5.41, 5.74) is 1.69. The van der Waals surface area contributed by atoms with Crippen molar-refractivity contribution in [3.05, 3.63) is 65.1 Å². The second kappa shape index (κ2) is 7.69. The number of para-hydroxylation sites is 1. The van der Waals surface area contributed by atoms with Crippen molar-refractivity contribution < 1.29 is 9.53 Å². The van der Waals surface area contributed by atoms with E-state index in [1.807, 2.05) is 54.6 Å². The molecule has 5 nitrogen and oxygen atoms in total. The van der Waals surface area contributed by atoms with Crippen LogP contribution in [0.1, 0.15) is 5.56 Å². The van der Waals surface area contributed by atoms with Crippen LogP contribution in [0.5, 0.6) is 5.75 Å². The number of hydrogen-bond donors (Lipinski definition) is 0. The first-order valence-electron chi connectivity index (χ1n) is 7.58. The summed E-state index contributed by atoms with van der Waals surface area (Å²) >= 11 is 1.35. The van der Waals surface area contributed by atoms with Crippen LogP contribution in [0.25, 0.3) is 6.08 Å². The van der Waals surface area contributed by atoms with Crippen LogP contribution in [0, 0.1) is 11.3 Å². The van der Waals surface area contributed by atoms with Crippen LogP contribution in [0.3, 0.4) is 0 Å². The molecule has 1 aliphatic rings. The molecular weight excluding hydrogens is 334 g/mol. The van der Waals surface area contributed by atoms with E-state index in [2.05, 4.69) is 4.99 Å². The third-order valence-corrected chi connectivity index (χ3v) is 4.53. The highest BCUT2D eigenvalue weighted by Gasteiger charge is 2.30. The highest BCUT2D eigenvalue weighted by atomic mass is 32.2. The van der Waals surface area contributed by atoms with Gasteiger partial charge in [0.25, 0.3) is 5.91 Å². The Morgan fingerprint density at radius 3 is 2.60 bits per heavy atom. The van der Waals surface area contributed by atoms with Crippen molar-refractivity contribution in [3.63, 3.8) is 0 Å². The Kier molecular flexibility index (Phi) is 5.17. The zero-order valence-corrected chi connectivity index (χ0v) is 14.4. The average Bonchev–Trinajstić information content (AvgIpc) is 2.90. The monoisotopic (exact) mass is 349 g/mol. The van der Waals surface area contributed by atoms with E-state index in [0.29, 0.717) is 15.8 Å². The zero-order chi connectivity index (χ0) is 17.6. The lowest BCUT2D eigenvalue weighted by molar-refractivity contribution is -0.121. The summed E-state index contributed by atoms with van der Waals surface area (Å²) in [6.45, 7) is 0.0128. The van der Waals surface area contributed by atoms with Crippen LogP contribution in [0.15, 0.2) is 64.5 Å². The van der Waals surface area contributed by atoms with Crippen molar-refractivity contribution in [2.24, 2.45) is 4.99 Å². The van der Waals surface area contributed by atoms with Crippen LogP contribution in [0.2, 0.25) is 0 Å². The maximum absolute atomic E-state index is 12.4. The number of amides is 1. The minimum Gasteiger partial charge on any atom is -0.479 e. The molecule has 25 heavy (non-hydrogen) atoms. The molecule has 0 unspecified atom stereocenters. The fraction of sp³-hybridized carbons (Fsp3) is 0.105. The first kappa shape index (κ1) is 16.8. The van der Waals surface area contributed by atoms with Crippen molar-refractivity contribution in [2.75, 3.05) is 13.7 Å². The van der Waals surface area contributed by atoms with Gasteiger partial charge in [-0.05, 0) is 47.7 Å². The smallest absolute Gasteiger partial charge is 0.266 e. The molecule has 6 heteroatoms. The van der Waals surface area contributed by atoms with Crippen LogP contribution in [-0.4, -0.2) is 29.6 Å². The van der Waals surface area contributed by atoms with Gasteiger partial charge in [0, 0.05) is 7.05 Å². The van der Waals surface area contributed by atoms with Gasteiger partial charge in [-0.1, -0.05) is 30.3 Å². The third-order valence-electron chi connectivity index (χ3n) is 3.47. The van der Waals surface area contributed by atoms with E-state index in [9.17, 15) is 4.79 Å². The van der Waals surface area contributed by atoms with Crippen molar-refractivity contribution in [1.29, 1.82) is 5.26 Å². The molecule has 0 bridgehead atoms. The first-order valence-corrected chi connectivity index (χ1v) is 8.40. The largest absolute Gasteiger partial charge is 0.479 e. The summed E-state index contributed by atoms with van der Waals surface area (Å²) in [6.07, 6.45) is 1.82. The van der Waals surface area contributed by atoms with Gasteiger partial charge in [0.2, 0.25) is 0 Å². The van der Waals surface area contributed by atoms with E-state index in [1.165, 1.54) is 11.8 Å². The van der Waals surface area contributed by atoms with Gasteiger partial charge in [0.1, 0.15) is 11.8 Å². The Balaban J connectivity index is 1.79. The lowest BCUT2D eigenvalue weighted by Gasteiger charge is -2.06. The summed E-state index contributed by atoms with van der Waals surface area (Å²) in [6, 6.07) is 18.7. The first-order chi connectivity index (χ1) is 12.2. The molecule has 1 heterocycles. The summed E-state index contributed by atoms with van der Waals surface area (Å²) in [5, 5.41) is 9.17. The lowest BCUT2D eigenvalue weighted by atomic mass is 10.2. The molecule has 1 aliphatic heterocycles. The Bertz CT molecular complexity index is 868. The van der Waals surface area contributed by atoms with Crippen molar-refractivity contribution in [3.8, 4) is 11.8 Å². The molecule has 2 aromatic rings. The highest BCUT2D eigenvalue weighted by Crippen LogP contribution is 2.33. The molecule has 1 saturated heterocycles. The number of amidine groups is 1. The molecular formula is C19H15N3O2S. The zero-order valence-electron chi connectivity index (χ0n) is 13.5. The van der Waals surface area contributed by atoms with Crippen molar-refractivity contribution >= 4 is 34.6 Å². The molecule has 0 radical (unpaired) electrons. The number of rotatable bonds is 4. The van der Waals surface area contributed by atoms with E-state index >= 15 is 0 Å². The molecule has 0 spiro atoms. The van der Waals surface area contributed by atoms with Gasteiger partial charge in [0.15, 0.2) is 11.8 Å². The van der Waals surface area contributed by atoms with Gasteiger partial charge in [0.05, 0.1) is 10.6 Å². The van der Waals surface area contributed by atoms with Crippen LogP contribution in [0.4, 0.5) is 5.69 Å². The number of ether oxygens (including phenoxy) is 1. The maximum atomic E-state index is 12.4. The predicted molar refractivity (Wildman–Crippen MR) is 99.4 cm³/mol. The topological polar surface area (TPSA) is 65.7 Å². The van der Waals surface area contributed by atoms with Crippen LogP contribution >= 0.6 is 11.8 Å². The van der Waals surface area contributed by atoms with E-state index in [4.69, 9.17) is 10.00 Å². The molecule has 0 atom stereocenters. The number of likely N-dealkylation sites (N-methyl/N-ethyl adjacent to an activating group) is 1. The lowest BCUT2D eigenvalue weighted by Crippen LogP contribution is -2.23. The van der Waals surface area contributed by atoms with E-state index in [0.717, 1.165) is 11.3 Å². The molecule has 1 amide bonds. The number of thioether (sulfide) groups is 1. The number of nitrogens with zero attached hydrogens (tertiary/aromatic N) is 3. The van der Waals surface area contributed by atoms with E-state index in [-0.39, 0.29) is 12.5 Å². The molecule has 2 aromatic carbocycles. The average molecular weight is 349 g/mol. The van der Waals surface area contributed by atoms with Gasteiger partial charge >= 0.3 is 0 Å². The van der Waals surface area contributed by atoms with Crippen LogP contribution < -0.4 is 4.74 Å². The summed E-state index contributed by atoms with van der Waals surface area (Å²) in [5.74, 6) is 0.544. The van der Waals surface area contributed by atoms with Crippen LogP contribution in [-0.2, 0) is 4.79 Å². The molecule has 1 fully saturated rings. The normalized spacial score (nSPS) is 17.1. The fourth-order valence-electron chi connectivity index (χ4n) is 2.19. The van der Waals surface area contributed by atoms with Gasteiger partial charge in [-0.3, -0.25) is 9.69 Å². The quantitative estimate of drug-likeness (QED) is 0.787. The minimum absolute atomic E-state index is 0.0128. The Labute approximate surface area is 150 Å². The number of hydrogen-bond acceptors (Lipinski definition) is 5. The maximum Gasteiger partial charge on any atom is 0.266 e. The SMILES string of the molecule is CN1C(=O)C(=Cc2ccc(OCC#N)cc2)SC1=Nc1ccccc1. The Morgan fingerprint density at radius 2 is 1.92 bits per heavy atom. The molecule has 0 saturated carbocycles. The molecule has 3 rings (SSSR count). The van der Waals surface area contributed by atoms with Gasteiger partial charge in [-0.2, -0.15) is 5.26 Å². The van der Waals surface area contributed by atoms with Gasteiger partial charge in [-0.15, -0.1) is 0 Å². The molecule has 0 N–H and O–H groups in total. The number of benzene rings is 2. The van der Waals surface area contributed by atoms with Crippen molar-refractivity contribution in [2.45, 2.75) is 0 Å². The van der Waals surface area contributed by atoms with E-state index in [1.54, 1.807) is 24.1 Å². The third kappa shape index (κ3) is 4.08. The van der Waals surface area contributed by atoms with E-state index < -0.39 is 0 Å². The fourth-order valence-corrected chi connectivity index (χ4v) is 3.18. The standard InChI is InChI=1S/C19H15N3O2S/c1-22-18(23)17(25-19(22)21-15-5-3-2-4-6-15)13-14-7-9-16(10-8-14)24-12-11-20/h2-10,13H,12H2,1H3. The predicted octanol–water partition coefficient (Wildman–Crippen LogP) is 3.82. The molecule has 0 aromatic heterocycles. The summed E-state index contributed by atoms with van der Waals surface area (Å²) in [7, 11) is 1.72. The highest BCUT2D eigenvalue weighted by molar-refractivity contribution is 8.18. The summed E-state index contributed by atoms with van der Waals surface area (Å²) < 4.78 is 5.22. The summed E-state index contributed by atoms with van der Waals surface area (Å²) in [4.78, 5) is 19.1. The number of aliphatic imine (C=N–C) groups is 1. The molecule has 0 aliphatic carbocycles. The number of nitriles is 1. The second-order valence-electron chi connectivity index (χ2n) is 5.22. The second-order valence-corrected chi connectivity index (χ2v) is 6.23. The van der Waals surface area contributed by atoms with Gasteiger partial charge < -0.3 is 4.74 Å². The number of carbonyl (C=O) groups excluding carboxylic acids is 1. The van der Waals surface area contributed by atoms with Crippen molar-refractivity contribution in [1.82, 2.24) is 4.90 Å².